The number of anilines is 1. The van der Waals surface area contributed by atoms with E-state index in [-0.39, 0.29) is 0 Å². The van der Waals surface area contributed by atoms with Crippen LogP contribution in [-0.2, 0) is 25.7 Å². The van der Waals surface area contributed by atoms with Gasteiger partial charge in [-0.15, -0.1) is 0 Å². The molecule has 0 aliphatic heterocycles. The number of fused-ring (bicyclic) bond motifs is 1. The molecule has 1 aromatic heterocycles. The van der Waals surface area contributed by atoms with E-state index in [1.165, 1.54) is 28.5 Å². The van der Waals surface area contributed by atoms with E-state index in [4.69, 9.17) is 10.3 Å². The Kier molecular flexibility index (Phi) is 4.08. The molecule has 2 N–H and O–H groups in total. The molecule has 0 bridgehead atoms. The zero-order chi connectivity index (χ0) is 16.4. The zero-order valence-corrected chi connectivity index (χ0v) is 13.7. The maximum atomic E-state index is 5.95. The maximum absolute atomic E-state index is 5.95. The quantitative estimate of drug-likeness (QED) is 0.779. The van der Waals surface area contributed by atoms with Crippen LogP contribution in [-0.4, -0.2) is 5.16 Å². The number of benzene rings is 2. The molecule has 0 saturated carbocycles. The molecule has 4 rings (SSSR count). The molecule has 3 aromatic rings. The Hall–Kier alpha value is -2.55. The van der Waals surface area contributed by atoms with Gasteiger partial charge in [0.25, 0.3) is 0 Å². The lowest BCUT2D eigenvalue weighted by molar-refractivity contribution is 0.399. The molecule has 0 spiro atoms. The molecule has 1 aliphatic carbocycles. The molecule has 2 aromatic carbocycles. The monoisotopic (exact) mass is 318 g/mol. The molecule has 1 unspecified atom stereocenters. The number of rotatable bonds is 4. The van der Waals surface area contributed by atoms with Crippen LogP contribution in [0.5, 0.6) is 0 Å². The Morgan fingerprint density at radius 2 is 1.83 bits per heavy atom. The highest BCUT2D eigenvalue weighted by Gasteiger charge is 2.24. The second-order valence-corrected chi connectivity index (χ2v) is 6.68. The van der Waals surface area contributed by atoms with Gasteiger partial charge in [-0.2, -0.15) is 0 Å². The zero-order valence-electron chi connectivity index (χ0n) is 13.7. The third-order valence-electron chi connectivity index (χ3n) is 5.06. The predicted octanol–water partition coefficient (Wildman–Crippen LogP) is 4.31. The standard InChI is InChI=1S/C21H22N2O/c22-20-14-24-23-21(20)19-11-10-17-12-16(8-9-18(17)13-19)7-6-15-4-2-1-3-5-15/h1-5,8-9,12,14,19H,6-7,10-11,13,22H2. The number of aromatic nitrogens is 1. The SMILES string of the molecule is Nc1conc1C1CCc2cc(CCc3ccccc3)ccc2C1. The molecule has 0 fully saturated rings. The minimum absolute atomic E-state index is 0.381. The van der Waals surface area contributed by atoms with Crippen molar-refractivity contribution >= 4 is 5.69 Å². The van der Waals surface area contributed by atoms with Crippen LogP contribution in [0.2, 0.25) is 0 Å². The Balaban J connectivity index is 1.46. The molecule has 1 atom stereocenters. The summed E-state index contributed by atoms with van der Waals surface area (Å²) in [6.07, 6.45) is 6.91. The third-order valence-corrected chi connectivity index (χ3v) is 5.06. The van der Waals surface area contributed by atoms with Crippen LogP contribution < -0.4 is 5.73 Å². The molecular weight excluding hydrogens is 296 g/mol. The van der Waals surface area contributed by atoms with Crippen molar-refractivity contribution in [3.8, 4) is 0 Å². The predicted molar refractivity (Wildman–Crippen MR) is 96.0 cm³/mol. The summed E-state index contributed by atoms with van der Waals surface area (Å²) in [6, 6.07) is 17.6. The summed E-state index contributed by atoms with van der Waals surface area (Å²) in [5.74, 6) is 0.381. The fourth-order valence-electron chi connectivity index (χ4n) is 3.69. The number of hydrogen-bond donors (Lipinski definition) is 1. The summed E-state index contributed by atoms with van der Waals surface area (Å²) in [5.41, 5.74) is 13.3. The second kappa shape index (κ2) is 6.52. The van der Waals surface area contributed by atoms with Crippen molar-refractivity contribution in [1.29, 1.82) is 0 Å². The van der Waals surface area contributed by atoms with Crippen LogP contribution in [0.1, 0.15) is 40.3 Å². The summed E-state index contributed by atoms with van der Waals surface area (Å²) < 4.78 is 5.00. The second-order valence-electron chi connectivity index (χ2n) is 6.68. The van der Waals surface area contributed by atoms with Gasteiger partial charge < -0.3 is 10.3 Å². The highest BCUT2D eigenvalue weighted by Crippen LogP contribution is 2.34. The van der Waals surface area contributed by atoms with Crippen LogP contribution >= 0.6 is 0 Å². The first-order valence-corrected chi connectivity index (χ1v) is 8.64. The van der Waals surface area contributed by atoms with E-state index in [1.54, 1.807) is 0 Å². The van der Waals surface area contributed by atoms with Gasteiger partial charge in [0.2, 0.25) is 0 Å². The van der Waals surface area contributed by atoms with Gasteiger partial charge in [0.15, 0.2) is 0 Å². The first kappa shape index (κ1) is 15.0. The molecule has 3 heteroatoms. The Labute approximate surface area is 142 Å². The van der Waals surface area contributed by atoms with Crippen LogP contribution in [0.4, 0.5) is 5.69 Å². The van der Waals surface area contributed by atoms with E-state index in [2.05, 4.69) is 53.7 Å². The fourth-order valence-corrected chi connectivity index (χ4v) is 3.69. The first-order valence-electron chi connectivity index (χ1n) is 8.64. The average Bonchev–Trinajstić information content (AvgIpc) is 3.06. The summed E-state index contributed by atoms with van der Waals surface area (Å²) >= 11 is 0. The Morgan fingerprint density at radius 1 is 1.00 bits per heavy atom. The number of hydrogen-bond acceptors (Lipinski definition) is 3. The van der Waals surface area contributed by atoms with E-state index in [9.17, 15) is 0 Å². The summed E-state index contributed by atoms with van der Waals surface area (Å²) in [6.45, 7) is 0. The van der Waals surface area contributed by atoms with E-state index in [0.29, 0.717) is 11.6 Å². The Morgan fingerprint density at radius 3 is 2.62 bits per heavy atom. The molecular formula is C21H22N2O. The summed E-state index contributed by atoms with van der Waals surface area (Å²) in [7, 11) is 0. The topological polar surface area (TPSA) is 52.0 Å². The van der Waals surface area contributed by atoms with E-state index in [1.807, 2.05) is 0 Å². The van der Waals surface area contributed by atoms with Gasteiger partial charge in [-0.1, -0.05) is 53.7 Å². The van der Waals surface area contributed by atoms with Gasteiger partial charge in [0, 0.05) is 5.92 Å². The lowest BCUT2D eigenvalue weighted by Gasteiger charge is -2.24. The van der Waals surface area contributed by atoms with Crippen LogP contribution in [0.25, 0.3) is 0 Å². The molecule has 0 saturated heterocycles. The smallest absolute Gasteiger partial charge is 0.147 e. The summed E-state index contributed by atoms with van der Waals surface area (Å²) in [4.78, 5) is 0. The van der Waals surface area contributed by atoms with Crippen molar-refractivity contribution in [2.75, 3.05) is 5.73 Å². The highest BCUT2D eigenvalue weighted by atomic mass is 16.5. The van der Waals surface area contributed by atoms with Gasteiger partial charge in [-0.25, -0.2) is 0 Å². The average molecular weight is 318 g/mol. The van der Waals surface area contributed by atoms with Crippen molar-refractivity contribution in [2.24, 2.45) is 0 Å². The van der Waals surface area contributed by atoms with Crippen LogP contribution in [0.15, 0.2) is 59.3 Å². The van der Waals surface area contributed by atoms with E-state index < -0.39 is 0 Å². The molecule has 0 radical (unpaired) electrons. The lowest BCUT2D eigenvalue weighted by Crippen LogP contribution is -2.14. The van der Waals surface area contributed by atoms with Gasteiger partial charge >= 0.3 is 0 Å². The van der Waals surface area contributed by atoms with Crippen molar-refractivity contribution in [2.45, 2.75) is 38.0 Å². The van der Waals surface area contributed by atoms with Crippen molar-refractivity contribution < 1.29 is 4.52 Å². The van der Waals surface area contributed by atoms with Gasteiger partial charge in [-0.05, 0) is 54.4 Å². The van der Waals surface area contributed by atoms with Crippen LogP contribution in [0.3, 0.4) is 0 Å². The maximum Gasteiger partial charge on any atom is 0.147 e. The molecule has 3 nitrogen and oxygen atoms in total. The lowest BCUT2D eigenvalue weighted by atomic mass is 9.81. The van der Waals surface area contributed by atoms with Gasteiger partial charge in [-0.3, -0.25) is 0 Å². The summed E-state index contributed by atoms with van der Waals surface area (Å²) in [5, 5.41) is 4.09. The molecule has 1 aliphatic rings. The minimum Gasteiger partial charge on any atom is -0.395 e. The highest BCUT2D eigenvalue weighted by molar-refractivity contribution is 5.44. The number of nitrogen functional groups attached to an aromatic ring is 1. The minimum atomic E-state index is 0.381. The molecule has 1 heterocycles. The van der Waals surface area contributed by atoms with Crippen molar-refractivity contribution in [3.05, 3.63) is 82.7 Å². The van der Waals surface area contributed by atoms with Crippen LogP contribution in [0, 0.1) is 0 Å². The molecule has 122 valence electrons. The van der Waals surface area contributed by atoms with Crippen molar-refractivity contribution in [3.63, 3.8) is 0 Å². The normalized spacial score (nSPS) is 16.8. The largest absolute Gasteiger partial charge is 0.395 e. The fraction of sp³-hybridized carbons (Fsp3) is 0.286. The number of nitrogens with two attached hydrogens (primary N) is 1. The van der Waals surface area contributed by atoms with E-state index in [0.717, 1.165) is 37.8 Å². The molecule has 24 heavy (non-hydrogen) atoms. The van der Waals surface area contributed by atoms with Gasteiger partial charge in [0.1, 0.15) is 12.0 Å². The van der Waals surface area contributed by atoms with Crippen molar-refractivity contribution in [1.82, 2.24) is 5.16 Å². The first-order chi connectivity index (χ1) is 11.8. The van der Waals surface area contributed by atoms with E-state index >= 15 is 0 Å². The number of nitrogens with zero attached hydrogens (tertiary/aromatic N) is 1. The molecule has 0 amide bonds. The Bertz CT molecular complexity index is 823. The third kappa shape index (κ3) is 3.07. The van der Waals surface area contributed by atoms with Gasteiger partial charge in [0.05, 0.1) is 5.69 Å². The number of aryl methyl sites for hydroxylation is 3.